The Bertz CT molecular complexity index is 1030. The molecule has 0 spiro atoms. The maximum Gasteiger partial charge on any atom is 0.209 e. The molecule has 0 aliphatic heterocycles. The highest BCUT2D eigenvalue weighted by molar-refractivity contribution is 7.99. The van der Waals surface area contributed by atoms with Crippen molar-refractivity contribution in [1.82, 2.24) is 9.88 Å². The normalized spacial score (nSPS) is 12.2. The fraction of sp³-hybridized carbons (Fsp3) is 0.273. The highest BCUT2D eigenvalue weighted by atomic mass is 35.5. The number of thioether (sulfide) groups is 1. The van der Waals surface area contributed by atoms with Crippen LogP contribution < -0.4 is 11.1 Å². The topological polar surface area (TPSA) is 71.2 Å². The van der Waals surface area contributed by atoms with Gasteiger partial charge in [0.1, 0.15) is 10.7 Å². The number of rotatable bonds is 9. The summed E-state index contributed by atoms with van der Waals surface area (Å²) in [6.45, 7) is 3.32. The average molecular weight is 496 g/mol. The number of thiazole rings is 1. The molecule has 3 rings (SSSR count). The van der Waals surface area contributed by atoms with Gasteiger partial charge in [-0.25, -0.2) is 4.98 Å². The Morgan fingerprint density at radius 3 is 2.45 bits per heavy atom. The van der Waals surface area contributed by atoms with E-state index in [-0.39, 0.29) is 27.2 Å². The van der Waals surface area contributed by atoms with Crippen molar-refractivity contribution in [3.8, 4) is 0 Å². The van der Waals surface area contributed by atoms with Crippen LogP contribution in [0.3, 0.4) is 0 Å². The molecule has 0 bridgehead atoms. The van der Waals surface area contributed by atoms with Crippen molar-refractivity contribution in [2.24, 2.45) is 5.92 Å². The molecule has 2 aromatic carbocycles. The smallest absolute Gasteiger partial charge is 0.209 e. The van der Waals surface area contributed by atoms with Crippen molar-refractivity contribution in [3.05, 3.63) is 63.0 Å². The third-order valence-corrected chi connectivity index (χ3v) is 7.32. The van der Waals surface area contributed by atoms with Crippen LogP contribution >= 0.6 is 46.3 Å². The van der Waals surface area contributed by atoms with Gasteiger partial charge in [-0.15, -0.1) is 11.8 Å². The van der Waals surface area contributed by atoms with Gasteiger partial charge in [0.25, 0.3) is 0 Å². The van der Waals surface area contributed by atoms with Gasteiger partial charge >= 0.3 is 0 Å². The second-order valence-electron chi connectivity index (χ2n) is 7.49. The van der Waals surface area contributed by atoms with Crippen molar-refractivity contribution < 1.29 is 4.79 Å². The molecule has 0 radical (unpaired) electrons. The minimum Gasteiger partial charge on any atom is -0.382 e. The predicted octanol–water partition coefficient (Wildman–Crippen LogP) is 6.30. The van der Waals surface area contributed by atoms with Crippen LogP contribution in [0.2, 0.25) is 10.0 Å². The largest absolute Gasteiger partial charge is 0.382 e. The molecule has 1 unspecified atom stereocenters. The van der Waals surface area contributed by atoms with Gasteiger partial charge in [0.15, 0.2) is 5.13 Å². The number of aromatic nitrogens is 1. The number of hydrogen-bond donors (Lipinski definition) is 2. The number of halogens is 2. The molecular weight excluding hydrogens is 471 g/mol. The van der Waals surface area contributed by atoms with Gasteiger partial charge in [0.05, 0.1) is 15.6 Å². The number of anilines is 3. The zero-order chi connectivity index (χ0) is 22.5. The van der Waals surface area contributed by atoms with Gasteiger partial charge in [-0.1, -0.05) is 47.5 Å². The summed E-state index contributed by atoms with van der Waals surface area (Å²) in [7, 11) is 4.18. The van der Waals surface area contributed by atoms with Gasteiger partial charge in [-0.05, 0) is 56.4 Å². The maximum atomic E-state index is 12.9. The summed E-state index contributed by atoms with van der Waals surface area (Å²) < 4.78 is 0. The molecule has 9 heteroatoms. The van der Waals surface area contributed by atoms with Crippen molar-refractivity contribution >= 4 is 68.7 Å². The van der Waals surface area contributed by atoms with Crippen molar-refractivity contribution in [3.63, 3.8) is 0 Å². The van der Waals surface area contributed by atoms with E-state index in [4.69, 9.17) is 28.9 Å². The fourth-order valence-electron chi connectivity index (χ4n) is 3.05. The zero-order valence-electron chi connectivity index (χ0n) is 17.5. The van der Waals surface area contributed by atoms with Crippen LogP contribution in [0.5, 0.6) is 0 Å². The Hall–Kier alpha value is -1.77. The molecule has 0 saturated carbocycles. The Morgan fingerprint density at radius 2 is 1.84 bits per heavy atom. The Morgan fingerprint density at radius 1 is 1.19 bits per heavy atom. The van der Waals surface area contributed by atoms with Crippen LogP contribution in [0.25, 0.3) is 0 Å². The number of nitrogens with one attached hydrogen (secondary N) is 1. The first-order valence-corrected chi connectivity index (χ1v) is 12.2. The van der Waals surface area contributed by atoms with Crippen LogP contribution in [0.1, 0.15) is 22.2 Å². The van der Waals surface area contributed by atoms with E-state index in [0.29, 0.717) is 15.9 Å². The highest BCUT2D eigenvalue weighted by Gasteiger charge is 2.22. The Kier molecular flexibility index (Phi) is 8.24. The molecule has 0 saturated heterocycles. The van der Waals surface area contributed by atoms with Crippen LogP contribution in [0.15, 0.2) is 47.4 Å². The lowest BCUT2D eigenvalue weighted by atomic mass is 10.1. The monoisotopic (exact) mass is 494 g/mol. The molecule has 1 heterocycles. The second-order valence-corrected chi connectivity index (χ2v) is 10.4. The minimum atomic E-state index is -0.336. The minimum absolute atomic E-state index is 0.149. The molecule has 164 valence electrons. The first kappa shape index (κ1) is 23.9. The molecule has 5 nitrogen and oxygen atoms in total. The summed E-state index contributed by atoms with van der Waals surface area (Å²) in [6.07, 6.45) is 0. The first-order valence-electron chi connectivity index (χ1n) is 9.64. The number of hydrogen-bond acceptors (Lipinski definition) is 7. The average Bonchev–Trinajstić information content (AvgIpc) is 3.06. The lowest BCUT2D eigenvalue weighted by Gasteiger charge is -2.16. The summed E-state index contributed by atoms with van der Waals surface area (Å²) in [5.74, 6) is 1.48. The third kappa shape index (κ3) is 6.37. The van der Waals surface area contributed by atoms with Crippen LogP contribution in [-0.4, -0.2) is 42.1 Å². The van der Waals surface area contributed by atoms with Crippen molar-refractivity contribution in [2.45, 2.75) is 11.8 Å². The summed E-state index contributed by atoms with van der Waals surface area (Å²) >= 11 is 15.3. The van der Waals surface area contributed by atoms with E-state index in [9.17, 15) is 4.79 Å². The van der Waals surface area contributed by atoms with E-state index in [1.54, 1.807) is 18.2 Å². The van der Waals surface area contributed by atoms with Crippen LogP contribution in [0, 0.1) is 5.92 Å². The molecule has 0 aliphatic rings. The summed E-state index contributed by atoms with van der Waals surface area (Å²) in [6, 6.07) is 13.1. The number of nitrogens with zero attached hydrogens (tertiary/aromatic N) is 2. The van der Waals surface area contributed by atoms with Gasteiger partial charge in [-0.2, -0.15) is 0 Å². The molecule has 1 aromatic heterocycles. The van der Waals surface area contributed by atoms with E-state index >= 15 is 0 Å². The van der Waals surface area contributed by atoms with E-state index in [2.05, 4.69) is 48.4 Å². The zero-order valence-corrected chi connectivity index (χ0v) is 20.6. The lowest BCUT2D eigenvalue weighted by molar-refractivity contribution is 0.104. The van der Waals surface area contributed by atoms with Crippen LogP contribution in [-0.2, 0) is 0 Å². The fourth-order valence-corrected chi connectivity index (χ4v) is 5.38. The summed E-state index contributed by atoms with van der Waals surface area (Å²) in [5.41, 5.74) is 7.11. The highest BCUT2D eigenvalue weighted by Crippen LogP contribution is 2.34. The third-order valence-electron chi connectivity index (χ3n) is 4.37. The predicted molar refractivity (Wildman–Crippen MR) is 135 cm³/mol. The van der Waals surface area contributed by atoms with E-state index in [0.717, 1.165) is 18.0 Å². The van der Waals surface area contributed by atoms with E-state index in [1.807, 2.05) is 23.9 Å². The first-order chi connectivity index (χ1) is 14.7. The summed E-state index contributed by atoms with van der Waals surface area (Å²) in [5, 5.41) is 4.31. The second kappa shape index (κ2) is 10.7. The quantitative estimate of drug-likeness (QED) is 0.268. The van der Waals surface area contributed by atoms with Gasteiger partial charge in [0, 0.05) is 22.9 Å². The van der Waals surface area contributed by atoms with Crippen LogP contribution in [0.4, 0.5) is 16.6 Å². The number of nitrogen functional groups attached to an aromatic ring is 1. The standard InChI is InChI=1S/C22H24Cl2N4OS2/c1-13(11-28(2)3)12-30-15-9-7-14(8-10-15)26-22-27-21(25)20(31-22)19(29)18-16(23)5-4-6-17(18)24/h4-10,13H,11-12,25H2,1-3H3,(H,26,27). The summed E-state index contributed by atoms with van der Waals surface area (Å²) in [4.78, 5) is 20.9. The van der Waals surface area contributed by atoms with E-state index < -0.39 is 0 Å². The molecular formula is C22H24Cl2N4OS2. The van der Waals surface area contributed by atoms with Gasteiger partial charge in [-0.3, -0.25) is 4.79 Å². The lowest BCUT2D eigenvalue weighted by Crippen LogP contribution is -2.20. The number of carbonyl (C=O) groups is 1. The Balaban J connectivity index is 1.67. The van der Waals surface area contributed by atoms with E-state index in [1.165, 1.54) is 16.2 Å². The molecule has 3 N–H and O–H groups in total. The van der Waals surface area contributed by atoms with Gasteiger partial charge < -0.3 is 16.0 Å². The number of ketones is 1. The van der Waals surface area contributed by atoms with Crippen molar-refractivity contribution in [1.29, 1.82) is 0 Å². The molecule has 0 aliphatic carbocycles. The molecule has 1 atom stereocenters. The number of benzene rings is 2. The van der Waals surface area contributed by atoms with Gasteiger partial charge in [0.2, 0.25) is 5.78 Å². The van der Waals surface area contributed by atoms with Crippen molar-refractivity contribution in [2.75, 3.05) is 37.4 Å². The number of carbonyl (C=O) groups excluding carboxylic acids is 1. The molecule has 3 aromatic rings. The SMILES string of the molecule is CC(CSc1ccc(Nc2nc(N)c(C(=O)c3c(Cl)cccc3Cl)s2)cc1)CN(C)C. The number of nitrogens with two attached hydrogens (primary N) is 1. The molecule has 0 fully saturated rings. The molecule has 0 amide bonds. The Labute approximate surface area is 201 Å². The molecule has 31 heavy (non-hydrogen) atoms. The maximum absolute atomic E-state index is 12.9.